The first-order valence-electron chi connectivity index (χ1n) is 12.3. The minimum absolute atomic E-state index is 0. The van der Waals surface area contributed by atoms with E-state index in [1.807, 2.05) is 19.9 Å². The van der Waals surface area contributed by atoms with Crippen molar-refractivity contribution in [2.24, 2.45) is 5.73 Å². The monoisotopic (exact) mass is 676 g/mol. The van der Waals surface area contributed by atoms with Crippen LogP contribution in [0.15, 0.2) is 30.3 Å². The minimum Gasteiger partial charge on any atom is -0.426 e. The Morgan fingerprint density at radius 3 is 2.00 bits per heavy atom. The maximum Gasteiger partial charge on any atom is 0.333 e. The summed E-state index contributed by atoms with van der Waals surface area (Å²) in [7, 11) is 0. The van der Waals surface area contributed by atoms with E-state index >= 15 is 0 Å². The zero-order valence-electron chi connectivity index (χ0n) is 22.1. The van der Waals surface area contributed by atoms with Gasteiger partial charge in [0, 0.05) is 9.49 Å². The lowest BCUT2D eigenvalue weighted by molar-refractivity contribution is -0.181. The molecule has 3 N–H and O–H groups in total. The Hall–Kier alpha value is -2.00. The van der Waals surface area contributed by atoms with Gasteiger partial charge in [0.25, 0.3) is 0 Å². The standard InChI is InChI=1S/C25H29BrN4O7S2.ClH/c1-24(2)15(29-18(32)12(26)20(29)38-24)22(34)36-10-37-23(35)16-25(3,4)39-21-14(19(33)30(16)21)28-17(31)13(27)11-8-6-5-7-9-11;/h5-9,12-16,20-21H,10,27H2,1-4H3,(H,28,31);1H/t12-,13?,14?,15+,16+,20-,21-;/m1./s1. The topological polar surface area (TPSA) is 148 Å². The molecule has 7 atom stereocenters. The number of ether oxygens (including phenoxy) is 2. The molecule has 0 aliphatic carbocycles. The Morgan fingerprint density at radius 1 is 0.950 bits per heavy atom. The summed E-state index contributed by atoms with van der Waals surface area (Å²) in [6, 6.07) is 5.32. The molecule has 4 heterocycles. The molecule has 4 aliphatic rings. The maximum atomic E-state index is 13.1. The third kappa shape index (κ3) is 4.99. The molecule has 2 unspecified atom stereocenters. The van der Waals surface area contributed by atoms with E-state index in [1.165, 1.54) is 33.3 Å². The van der Waals surface area contributed by atoms with Crippen LogP contribution in [0.25, 0.3) is 0 Å². The van der Waals surface area contributed by atoms with Crippen molar-refractivity contribution in [2.75, 3.05) is 6.79 Å². The van der Waals surface area contributed by atoms with Crippen LogP contribution in [-0.4, -0.2) is 89.4 Å². The van der Waals surface area contributed by atoms with Crippen LogP contribution >= 0.6 is 51.9 Å². The molecule has 5 rings (SSSR count). The molecule has 0 bridgehead atoms. The number of nitrogens with two attached hydrogens (primary N) is 1. The first kappa shape index (κ1) is 30.9. The van der Waals surface area contributed by atoms with Crippen LogP contribution in [0.4, 0.5) is 0 Å². The number of nitrogens with one attached hydrogen (secondary N) is 1. The Bertz CT molecular complexity index is 1240. The van der Waals surface area contributed by atoms with E-state index < -0.39 is 69.6 Å². The van der Waals surface area contributed by atoms with Crippen molar-refractivity contribution in [3.05, 3.63) is 35.9 Å². The van der Waals surface area contributed by atoms with Crippen LogP contribution in [0.1, 0.15) is 39.3 Å². The van der Waals surface area contributed by atoms with Crippen molar-refractivity contribution in [3.63, 3.8) is 0 Å². The number of hydrogen-bond acceptors (Lipinski definition) is 10. The van der Waals surface area contributed by atoms with Gasteiger partial charge in [-0.05, 0) is 33.3 Å². The zero-order valence-corrected chi connectivity index (χ0v) is 26.1. The highest BCUT2D eigenvalue weighted by atomic mass is 79.9. The number of carbonyl (C=O) groups excluding carboxylic acids is 5. The van der Waals surface area contributed by atoms with Gasteiger partial charge < -0.3 is 30.3 Å². The Labute approximate surface area is 254 Å². The van der Waals surface area contributed by atoms with Gasteiger partial charge in [-0.3, -0.25) is 14.4 Å². The number of rotatable bonds is 7. The number of halogens is 2. The van der Waals surface area contributed by atoms with Crippen LogP contribution < -0.4 is 11.1 Å². The van der Waals surface area contributed by atoms with E-state index in [-0.39, 0.29) is 28.5 Å². The van der Waals surface area contributed by atoms with E-state index in [0.29, 0.717) is 5.56 Å². The first-order chi connectivity index (χ1) is 18.3. The molecular formula is C25H30BrClN4O7S2. The maximum absolute atomic E-state index is 13.1. The van der Waals surface area contributed by atoms with Crippen LogP contribution in [0, 0.1) is 0 Å². The molecule has 1 aromatic carbocycles. The molecule has 0 radical (unpaired) electrons. The number of carbonyl (C=O) groups is 5. The van der Waals surface area contributed by atoms with E-state index in [1.54, 1.807) is 38.1 Å². The van der Waals surface area contributed by atoms with E-state index in [0.717, 1.165) is 0 Å². The number of alkyl halides is 1. The Kier molecular flexibility index (Phi) is 8.52. The fourth-order valence-corrected chi connectivity index (χ4v) is 9.40. The quantitative estimate of drug-likeness (QED) is 0.188. The van der Waals surface area contributed by atoms with Crippen molar-refractivity contribution >= 4 is 81.5 Å². The average molecular weight is 678 g/mol. The second-order valence-corrected chi connectivity index (χ2v) is 15.4. The third-order valence-electron chi connectivity index (χ3n) is 7.40. The highest BCUT2D eigenvalue weighted by molar-refractivity contribution is 9.10. The van der Waals surface area contributed by atoms with Gasteiger partial charge in [-0.2, -0.15) is 0 Å². The summed E-state index contributed by atoms with van der Waals surface area (Å²) in [6.45, 7) is 6.68. The van der Waals surface area contributed by atoms with Crippen molar-refractivity contribution < 1.29 is 33.4 Å². The van der Waals surface area contributed by atoms with Gasteiger partial charge in [0.15, 0.2) is 0 Å². The van der Waals surface area contributed by atoms with Crippen molar-refractivity contribution in [2.45, 2.75) is 76.9 Å². The van der Waals surface area contributed by atoms with Gasteiger partial charge in [-0.15, -0.1) is 35.9 Å². The third-order valence-corrected chi connectivity index (χ3v) is 11.8. The van der Waals surface area contributed by atoms with Gasteiger partial charge in [0.1, 0.15) is 39.7 Å². The lowest BCUT2D eigenvalue weighted by Gasteiger charge is -2.44. The summed E-state index contributed by atoms with van der Waals surface area (Å²) in [6.07, 6.45) is 0. The number of β-lactam (4-membered cyclic amide) rings is 2. The van der Waals surface area contributed by atoms with Crippen molar-refractivity contribution in [1.82, 2.24) is 15.1 Å². The van der Waals surface area contributed by atoms with Crippen LogP contribution in [-0.2, 0) is 33.4 Å². The number of thioether (sulfide) groups is 2. The molecule has 0 spiro atoms. The predicted octanol–water partition coefficient (Wildman–Crippen LogP) is 1.52. The summed E-state index contributed by atoms with van der Waals surface area (Å²) in [5.74, 6) is -2.47. The second-order valence-electron chi connectivity index (χ2n) is 10.8. The summed E-state index contributed by atoms with van der Waals surface area (Å²) in [5.41, 5.74) is 6.69. The molecule has 218 valence electrons. The SMILES string of the molecule is CC1(C)S[C@@H]2C(NC(=O)C(N)c3ccccc3)C(=O)N2[C@H]1C(=O)OCOC(=O)[C@@H]1N2C(=O)[C@@H](Br)[C@H]2SC1(C)C.Cl. The van der Waals surface area contributed by atoms with Gasteiger partial charge >= 0.3 is 11.9 Å². The number of nitrogens with zero attached hydrogens (tertiary/aromatic N) is 2. The number of fused-ring (bicyclic) bond motifs is 2. The molecule has 15 heteroatoms. The average Bonchev–Trinajstić information content (AvgIpc) is 3.31. The Balaban J connectivity index is 0.00000370. The van der Waals surface area contributed by atoms with Crippen LogP contribution in [0.5, 0.6) is 0 Å². The van der Waals surface area contributed by atoms with Gasteiger partial charge in [0.2, 0.25) is 24.5 Å². The predicted molar refractivity (Wildman–Crippen MR) is 154 cm³/mol. The second kappa shape index (κ2) is 11.0. The molecule has 4 aliphatic heterocycles. The van der Waals surface area contributed by atoms with E-state index in [2.05, 4.69) is 21.2 Å². The largest absolute Gasteiger partial charge is 0.426 e. The highest BCUT2D eigenvalue weighted by Crippen LogP contribution is 2.53. The van der Waals surface area contributed by atoms with Crippen LogP contribution in [0.2, 0.25) is 0 Å². The lowest BCUT2D eigenvalue weighted by Crippen LogP contribution is -2.71. The van der Waals surface area contributed by atoms with Gasteiger partial charge in [-0.25, -0.2) is 9.59 Å². The smallest absolute Gasteiger partial charge is 0.333 e. The van der Waals surface area contributed by atoms with Gasteiger partial charge in [-0.1, -0.05) is 46.3 Å². The fraction of sp³-hybridized carbons (Fsp3) is 0.560. The molecule has 4 saturated heterocycles. The Morgan fingerprint density at radius 2 is 1.45 bits per heavy atom. The van der Waals surface area contributed by atoms with Crippen LogP contribution in [0.3, 0.4) is 0 Å². The molecule has 1 aromatic rings. The fourth-order valence-electron chi connectivity index (χ4n) is 5.43. The molecular weight excluding hydrogens is 648 g/mol. The van der Waals surface area contributed by atoms with Gasteiger partial charge in [0.05, 0.1) is 0 Å². The van der Waals surface area contributed by atoms with Crippen molar-refractivity contribution in [3.8, 4) is 0 Å². The van der Waals surface area contributed by atoms with E-state index in [4.69, 9.17) is 15.2 Å². The molecule has 3 amide bonds. The minimum atomic E-state index is -0.941. The zero-order chi connectivity index (χ0) is 28.4. The highest BCUT2D eigenvalue weighted by Gasteiger charge is 2.65. The summed E-state index contributed by atoms with van der Waals surface area (Å²) in [4.78, 5) is 66.5. The molecule has 40 heavy (non-hydrogen) atoms. The molecule has 0 aromatic heterocycles. The molecule has 0 saturated carbocycles. The summed E-state index contributed by atoms with van der Waals surface area (Å²) >= 11 is 6.22. The number of benzene rings is 1. The normalized spacial score (nSPS) is 31.6. The first-order valence-corrected chi connectivity index (χ1v) is 15.0. The molecule has 11 nitrogen and oxygen atoms in total. The number of esters is 2. The number of hydrogen-bond donors (Lipinski definition) is 2. The van der Waals surface area contributed by atoms with Crippen molar-refractivity contribution in [1.29, 1.82) is 0 Å². The van der Waals surface area contributed by atoms with E-state index in [9.17, 15) is 24.0 Å². The number of amides is 3. The lowest BCUT2D eigenvalue weighted by atomic mass is 9.95. The summed E-state index contributed by atoms with van der Waals surface area (Å²) in [5, 5.41) is 2.09. The molecule has 4 fully saturated rings. The summed E-state index contributed by atoms with van der Waals surface area (Å²) < 4.78 is 9.24.